The minimum absolute atomic E-state index is 0.0738. The summed E-state index contributed by atoms with van der Waals surface area (Å²) in [4.78, 5) is 22.5. The second kappa shape index (κ2) is 5.77. The molecular formula is C11H11BrFNO3. The number of carboxylic acid groups (broad SMARTS) is 1. The number of hydrogen-bond donors (Lipinski definition) is 2. The molecule has 0 bridgehead atoms. The van der Waals surface area contributed by atoms with Crippen LogP contribution in [-0.2, 0) is 4.79 Å². The van der Waals surface area contributed by atoms with Crippen LogP contribution in [-0.4, -0.2) is 23.0 Å². The maximum absolute atomic E-state index is 13.0. The molecule has 0 aliphatic rings. The Morgan fingerprint density at radius 2 is 2.18 bits per heavy atom. The van der Waals surface area contributed by atoms with Gasteiger partial charge < -0.3 is 10.4 Å². The van der Waals surface area contributed by atoms with Crippen molar-refractivity contribution in [2.75, 3.05) is 0 Å². The van der Waals surface area contributed by atoms with Gasteiger partial charge in [-0.2, -0.15) is 0 Å². The normalized spacial score (nSPS) is 11.9. The lowest BCUT2D eigenvalue weighted by atomic mass is 10.1. The fraction of sp³-hybridized carbons (Fsp3) is 0.273. The van der Waals surface area contributed by atoms with E-state index < -0.39 is 23.7 Å². The van der Waals surface area contributed by atoms with E-state index in [-0.39, 0.29) is 12.0 Å². The van der Waals surface area contributed by atoms with Gasteiger partial charge in [-0.1, -0.05) is 6.92 Å². The quantitative estimate of drug-likeness (QED) is 0.896. The van der Waals surface area contributed by atoms with E-state index in [0.29, 0.717) is 4.47 Å². The molecule has 1 atom stereocenters. The number of aliphatic carboxylic acids is 1. The first kappa shape index (κ1) is 13.6. The van der Waals surface area contributed by atoms with Gasteiger partial charge in [-0.15, -0.1) is 0 Å². The van der Waals surface area contributed by atoms with Crippen molar-refractivity contribution < 1.29 is 19.1 Å². The summed E-state index contributed by atoms with van der Waals surface area (Å²) in [6, 6.07) is 2.67. The first-order chi connectivity index (χ1) is 7.95. The highest BCUT2D eigenvalue weighted by Gasteiger charge is 2.20. The fourth-order valence-corrected chi connectivity index (χ4v) is 1.67. The third-order valence-corrected chi connectivity index (χ3v) is 2.88. The van der Waals surface area contributed by atoms with Gasteiger partial charge in [0, 0.05) is 4.47 Å². The molecular weight excluding hydrogens is 293 g/mol. The monoisotopic (exact) mass is 303 g/mol. The zero-order chi connectivity index (χ0) is 13.0. The molecule has 1 amide bonds. The van der Waals surface area contributed by atoms with Crippen LogP contribution in [0.2, 0.25) is 0 Å². The summed E-state index contributed by atoms with van der Waals surface area (Å²) in [5, 5.41) is 11.1. The number of carboxylic acids is 1. The van der Waals surface area contributed by atoms with Gasteiger partial charge in [-0.25, -0.2) is 9.18 Å². The molecule has 0 aliphatic carbocycles. The van der Waals surface area contributed by atoms with Gasteiger partial charge in [0.1, 0.15) is 11.9 Å². The molecule has 0 aliphatic heterocycles. The Labute approximate surface area is 106 Å². The van der Waals surface area contributed by atoms with E-state index in [4.69, 9.17) is 5.11 Å². The summed E-state index contributed by atoms with van der Waals surface area (Å²) >= 11 is 3.10. The smallest absolute Gasteiger partial charge is 0.326 e. The fourth-order valence-electron chi connectivity index (χ4n) is 1.25. The molecule has 92 valence electrons. The number of amides is 1. The first-order valence-electron chi connectivity index (χ1n) is 4.94. The van der Waals surface area contributed by atoms with Crippen molar-refractivity contribution in [3.63, 3.8) is 0 Å². The van der Waals surface area contributed by atoms with Crippen LogP contribution >= 0.6 is 15.9 Å². The van der Waals surface area contributed by atoms with E-state index in [2.05, 4.69) is 21.2 Å². The highest BCUT2D eigenvalue weighted by Crippen LogP contribution is 2.17. The Kier molecular flexibility index (Phi) is 4.62. The number of benzene rings is 1. The lowest BCUT2D eigenvalue weighted by Crippen LogP contribution is -2.40. The Bertz CT molecular complexity index is 450. The Morgan fingerprint density at radius 3 is 2.71 bits per heavy atom. The number of carbonyl (C=O) groups is 2. The Balaban J connectivity index is 2.89. The summed E-state index contributed by atoms with van der Waals surface area (Å²) in [5.74, 6) is -2.29. The molecule has 0 fully saturated rings. The van der Waals surface area contributed by atoms with Gasteiger partial charge >= 0.3 is 5.97 Å². The van der Waals surface area contributed by atoms with Crippen molar-refractivity contribution >= 4 is 27.8 Å². The second-order valence-corrected chi connectivity index (χ2v) is 4.25. The number of nitrogens with one attached hydrogen (secondary N) is 1. The minimum atomic E-state index is -1.12. The highest BCUT2D eigenvalue weighted by atomic mass is 79.9. The van der Waals surface area contributed by atoms with Crippen molar-refractivity contribution in [1.82, 2.24) is 5.32 Å². The van der Waals surface area contributed by atoms with Crippen LogP contribution in [0.5, 0.6) is 0 Å². The highest BCUT2D eigenvalue weighted by molar-refractivity contribution is 9.10. The van der Waals surface area contributed by atoms with Gasteiger partial charge in [0.15, 0.2) is 0 Å². The topological polar surface area (TPSA) is 66.4 Å². The van der Waals surface area contributed by atoms with Crippen LogP contribution < -0.4 is 5.32 Å². The summed E-state index contributed by atoms with van der Waals surface area (Å²) in [6.45, 7) is 1.64. The second-order valence-electron chi connectivity index (χ2n) is 3.40. The zero-order valence-corrected chi connectivity index (χ0v) is 10.6. The van der Waals surface area contributed by atoms with Crippen LogP contribution in [0.4, 0.5) is 4.39 Å². The largest absolute Gasteiger partial charge is 0.480 e. The number of rotatable bonds is 4. The molecule has 4 nitrogen and oxygen atoms in total. The maximum Gasteiger partial charge on any atom is 0.326 e. The molecule has 0 unspecified atom stereocenters. The average molecular weight is 304 g/mol. The molecule has 0 heterocycles. The van der Waals surface area contributed by atoms with Gasteiger partial charge in [0.2, 0.25) is 0 Å². The van der Waals surface area contributed by atoms with Crippen LogP contribution in [0.3, 0.4) is 0 Å². The van der Waals surface area contributed by atoms with E-state index in [1.807, 2.05) is 0 Å². The van der Waals surface area contributed by atoms with Gasteiger partial charge in [-0.05, 0) is 40.5 Å². The molecule has 0 aromatic heterocycles. The molecule has 0 spiro atoms. The average Bonchev–Trinajstić information content (AvgIpc) is 2.28. The lowest BCUT2D eigenvalue weighted by molar-refractivity contribution is -0.139. The van der Waals surface area contributed by atoms with Crippen LogP contribution in [0, 0.1) is 5.82 Å². The predicted octanol–water partition coefficient (Wildman–Crippen LogP) is 2.18. The van der Waals surface area contributed by atoms with Crippen LogP contribution in [0.25, 0.3) is 0 Å². The Morgan fingerprint density at radius 1 is 1.53 bits per heavy atom. The molecule has 17 heavy (non-hydrogen) atoms. The molecule has 2 N–H and O–H groups in total. The molecule has 1 aromatic carbocycles. The minimum Gasteiger partial charge on any atom is -0.480 e. The van der Waals surface area contributed by atoms with Crippen LogP contribution in [0.15, 0.2) is 22.7 Å². The number of hydrogen-bond acceptors (Lipinski definition) is 2. The molecule has 1 rings (SSSR count). The SMILES string of the molecule is CC[C@@H](NC(=O)c1cc(F)ccc1Br)C(=O)O. The van der Waals surface area contributed by atoms with E-state index in [1.54, 1.807) is 6.92 Å². The summed E-state index contributed by atoms with van der Waals surface area (Å²) in [5.41, 5.74) is 0.0738. The van der Waals surface area contributed by atoms with Crippen molar-refractivity contribution in [2.24, 2.45) is 0 Å². The van der Waals surface area contributed by atoms with Crippen molar-refractivity contribution in [2.45, 2.75) is 19.4 Å². The van der Waals surface area contributed by atoms with Crippen molar-refractivity contribution in [3.8, 4) is 0 Å². The van der Waals surface area contributed by atoms with Crippen molar-refractivity contribution in [1.29, 1.82) is 0 Å². The zero-order valence-electron chi connectivity index (χ0n) is 9.04. The molecule has 6 heteroatoms. The van der Waals surface area contributed by atoms with E-state index in [0.717, 1.165) is 6.07 Å². The molecule has 0 saturated heterocycles. The van der Waals surface area contributed by atoms with E-state index >= 15 is 0 Å². The van der Waals surface area contributed by atoms with Gasteiger partial charge in [-0.3, -0.25) is 4.79 Å². The third-order valence-electron chi connectivity index (χ3n) is 2.18. The third kappa shape index (κ3) is 3.52. The van der Waals surface area contributed by atoms with Gasteiger partial charge in [0.25, 0.3) is 5.91 Å². The lowest BCUT2D eigenvalue weighted by Gasteiger charge is -2.12. The molecule has 1 aromatic rings. The first-order valence-corrected chi connectivity index (χ1v) is 5.73. The van der Waals surface area contributed by atoms with E-state index in [1.165, 1.54) is 12.1 Å². The molecule has 0 radical (unpaired) electrons. The summed E-state index contributed by atoms with van der Waals surface area (Å²) in [7, 11) is 0. The van der Waals surface area contributed by atoms with E-state index in [9.17, 15) is 14.0 Å². The Hall–Kier alpha value is -1.43. The molecule has 0 saturated carbocycles. The van der Waals surface area contributed by atoms with Gasteiger partial charge in [0.05, 0.1) is 5.56 Å². The maximum atomic E-state index is 13.0. The van der Waals surface area contributed by atoms with Crippen LogP contribution in [0.1, 0.15) is 23.7 Å². The number of carbonyl (C=O) groups excluding carboxylic acids is 1. The number of halogens is 2. The summed E-state index contributed by atoms with van der Waals surface area (Å²) < 4.78 is 13.4. The summed E-state index contributed by atoms with van der Waals surface area (Å²) in [6.07, 6.45) is 0.258. The standard InChI is InChI=1S/C11H11BrFNO3/c1-2-9(11(16)17)14-10(15)7-5-6(13)3-4-8(7)12/h3-5,9H,2H2,1H3,(H,14,15)(H,16,17)/t9-/m1/s1. The predicted molar refractivity (Wildman–Crippen MR) is 63.3 cm³/mol. The van der Waals surface area contributed by atoms with Crippen molar-refractivity contribution in [3.05, 3.63) is 34.1 Å².